The zero-order valence-corrected chi connectivity index (χ0v) is 19.5. The molecule has 8 nitrogen and oxygen atoms in total. The summed E-state index contributed by atoms with van der Waals surface area (Å²) in [6, 6.07) is 7.01. The van der Waals surface area contributed by atoms with E-state index < -0.39 is 17.3 Å². The SMILES string of the molecule is CN(C)C(=O)[C@@H]1CN(C(=O)c2ccn[nH]2)C[C@H]1C1CCN(c2ccc(C#N)c(C(F)(F)F)c2)CC1. The lowest BCUT2D eigenvalue weighted by molar-refractivity contribution is -0.137. The summed E-state index contributed by atoms with van der Waals surface area (Å²) in [5.41, 5.74) is -0.523. The molecule has 2 saturated heterocycles. The van der Waals surface area contributed by atoms with Gasteiger partial charge >= 0.3 is 6.18 Å². The molecule has 0 spiro atoms. The molecule has 0 saturated carbocycles. The van der Waals surface area contributed by atoms with Crippen LogP contribution in [0.4, 0.5) is 18.9 Å². The van der Waals surface area contributed by atoms with Crippen molar-refractivity contribution in [3.05, 3.63) is 47.3 Å². The third-order valence-electron chi connectivity index (χ3n) is 7.08. The number of aromatic nitrogens is 2. The van der Waals surface area contributed by atoms with Gasteiger partial charge in [0.25, 0.3) is 5.91 Å². The van der Waals surface area contributed by atoms with Gasteiger partial charge in [0, 0.05) is 52.2 Å². The molecule has 2 aromatic rings. The standard InChI is InChI=1S/C24H27F3N6O2/c1-31(2)22(34)19-14-33(23(35)21-5-8-29-30-21)13-18(19)15-6-9-32(10-7-15)17-4-3-16(12-28)20(11-17)24(25,26)27/h3-5,8,11,15,18-19H,6-7,9-10,13-14H2,1-2H3,(H,29,30)/t18-,19+/m0/s1. The average Bonchev–Trinajstić information content (AvgIpc) is 3.53. The number of aromatic amines is 1. The van der Waals surface area contributed by atoms with Crippen LogP contribution < -0.4 is 4.90 Å². The number of anilines is 1. The van der Waals surface area contributed by atoms with Crippen LogP contribution in [0, 0.1) is 29.1 Å². The number of nitriles is 1. The molecule has 0 unspecified atom stereocenters. The van der Waals surface area contributed by atoms with Gasteiger partial charge in [-0.1, -0.05) is 0 Å². The average molecular weight is 489 g/mol. The lowest BCUT2D eigenvalue weighted by Crippen LogP contribution is -2.41. The van der Waals surface area contributed by atoms with E-state index >= 15 is 0 Å². The molecule has 11 heteroatoms. The van der Waals surface area contributed by atoms with E-state index in [-0.39, 0.29) is 29.6 Å². The number of benzene rings is 1. The van der Waals surface area contributed by atoms with Crippen molar-refractivity contribution in [2.24, 2.45) is 17.8 Å². The Morgan fingerprint density at radius 3 is 2.46 bits per heavy atom. The van der Waals surface area contributed by atoms with Crippen molar-refractivity contribution >= 4 is 17.5 Å². The zero-order chi connectivity index (χ0) is 25.3. The van der Waals surface area contributed by atoms with Crippen molar-refractivity contribution in [2.75, 3.05) is 45.2 Å². The van der Waals surface area contributed by atoms with Crippen LogP contribution in [-0.2, 0) is 11.0 Å². The fourth-order valence-corrected chi connectivity index (χ4v) is 5.26. The smallest absolute Gasteiger partial charge is 0.372 e. The van der Waals surface area contributed by atoms with E-state index in [1.807, 2.05) is 4.90 Å². The number of hydrogen-bond acceptors (Lipinski definition) is 5. The number of amides is 2. The summed E-state index contributed by atoms with van der Waals surface area (Å²) >= 11 is 0. The molecule has 4 rings (SSSR count). The van der Waals surface area contributed by atoms with E-state index in [2.05, 4.69) is 10.2 Å². The van der Waals surface area contributed by atoms with Crippen molar-refractivity contribution < 1.29 is 22.8 Å². The Balaban J connectivity index is 1.48. The first-order valence-corrected chi connectivity index (χ1v) is 11.5. The predicted octanol–water partition coefficient (Wildman–Crippen LogP) is 2.99. The Kier molecular flexibility index (Phi) is 6.74. The van der Waals surface area contributed by atoms with Gasteiger partial charge in [0.2, 0.25) is 5.91 Å². The molecule has 3 heterocycles. The number of H-pyrrole nitrogens is 1. The van der Waals surface area contributed by atoms with Crippen LogP contribution >= 0.6 is 0 Å². The number of halogens is 3. The summed E-state index contributed by atoms with van der Waals surface area (Å²) < 4.78 is 40.2. The Hall–Kier alpha value is -3.55. The molecule has 186 valence electrons. The van der Waals surface area contributed by atoms with E-state index in [4.69, 9.17) is 5.26 Å². The quantitative estimate of drug-likeness (QED) is 0.714. The molecular weight excluding hydrogens is 461 g/mol. The third-order valence-corrected chi connectivity index (χ3v) is 7.08. The van der Waals surface area contributed by atoms with Gasteiger partial charge in [-0.2, -0.15) is 23.5 Å². The molecule has 0 aliphatic carbocycles. The first-order valence-electron chi connectivity index (χ1n) is 11.5. The van der Waals surface area contributed by atoms with Crippen LogP contribution in [0.5, 0.6) is 0 Å². The number of rotatable bonds is 4. The first-order chi connectivity index (χ1) is 16.6. The molecular formula is C24H27F3N6O2. The Labute approximate surface area is 201 Å². The van der Waals surface area contributed by atoms with Crippen LogP contribution in [0.3, 0.4) is 0 Å². The zero-order valence-electron chi connectivity index (χ0n) is 19.5. The predicted molar refractivity (Wildman–Crippen MR) is 121 cm³/mol. The monoisotopic (exact) mass is 488 g/mol. The minimum Gasteiger partial charge on any atom is -0.372 e. The number of likely N-dealkylation sites (tertiary alicyclic amines) is 1. The number of nitrogens with zero attached hydrogens (tertiary/aromatic N) is 5. The molecule has 0 radical (unpaired) electrons. The molecule has 35 heavy (non-hydrogen) atoms. The van der Waals surface area contributed by atoms with Gasteiger partial charge in [-0.25, -0.2) is 0 Å². The highest BCUT2D eigenvalue weighted by atomic mass is 19.4. The lowest BCUT2D eigenvalue weighted by atomic mass is 9.78. The maximum Gasteiger partial charge on any atom is 0.417 e. The fourth-order valence-electron chi connectivity index (χ4n) is 5.26. The largest absolute Gasteiger partial charge is 0.417 e. The minimum atomic E-state index is -4.60. The molecule has 2 amide bonds. The number of nitrogens with one attached hydrogen (secondary N) is 1. The van der Waals surface area contributed by atoms with Gasteiger partial charge in [0.05, 0.1) is 23.1 Å². The number of alkyl halides is 3. The van der Waals surface area contributed by atoms with Crippen molar-refractivity contribution in [1.82, 2.24) is 20.0 Å². The molecule has 2 fully saturated rings. The summed E-state index contributed by atoms with van der Waals surface area (Å²) in [5, 5.41) is 15.6. The molecule has 2 aliphatic rings. The van der Waals surface area contributed by atoms with Crippen LogP contribution in [0.25, 0.3) is 0 Å². The number of piperidine rings is 1. The maximum absolute atomic E-state index is 13.4. The van der Waals surface area contributed by atoms with Crippen LogP contribution in [-0.4, -0.2) is 72.1 Å². The maximum atomic E-state index is 13.4. The summed E-state index contributed by atoms with van der Waals surface area (Å²) in [5.74, 6) is -0.443. The summed E-state index contributed by atoms with van der Waals surface area (Å²) in [4.78, 5) is 31.0. The van der Waals surface area contributed by atoms with Crippen molar-refractivity contribution in [3.63, 3.8) is 0 Å². The van der Waals surface area contributed by atoms with Gasteiger partial charge in [-0.15, -0.1) is 0 Å². The molecule has 0 bridgehead atoms. The van der Waals surface area contributed by atoms with Gasteiger partial charge in [0.15, 0.2) is 0 Å². The van der Waals surface area contributed by atoms with Crippen molar-refractivity contribution in [1.29, 1.82) is 5.26 Å². The highest BCUT2D eigenvalue weighted by Crippen LogP contribution is 2.39. The van der Waals surface area contributed by atoms with Crippen molar-refractivity contribution in [2.45, 2.75) is 19.0 Å². The summed E-state index contributed by atoms with van der Waals surface area (Å²) in [7, 11) is 3.40. The second-order valence-electron chi connectivity index (χ2n) is 9.35. The molecule has 1 aromatic heterocycles. The molecule has 2 atom stereocenters. The van der Waals surface area contributed by atoms with Gasteiger partial charge in [0.1, 0.15) is 5.69 Å². The van der Waals surface area contributed by atoms with Crippen molar-refractivity contribution in [3.8, 4) is 6.07 Å². The Morgan fingerprint density at radius 1 is 1.17 bits per heavy atom. The Morgan fingerprint density at radius 2 is 1.89 bits per heavy atom. The number of hydrogen-bond donors (Lipinski definition) is 1. The van der Waals surface area contributed by atoms with E-state index in [1.54, 1.807) is 42.1 Å². The van der Waals surface area contributed by atoms with Crippen LogP contribution in [0.2, 0.25) is 0 Å². The fraction of sp³-hybridized carbons (Fsp3) is 0.500. The third kappa shape index (κ3) is 4.97. The van der Waals surface area contributed by atoms with E-state index in [0.29, 0.717) is 50.4 Å². The first kappa shape index (κ1) is 24.6. The van der Waals surface area contributed by atoms with E-state index in [1.165, 1.54) is 12.3 Å². The Bertz CT molecular complexity index is 1120. The topological polar surface area (TPSA) is 96.3 Å². The molecule has 1 aromatic carbocycles. The van der Waals surface area contributed by atoms with Crippen LogP contribution in [0.15, 0.2) is 30.5 Å². The lowest BCUT2D eigenvalue weighted by Gasteiger charge is -2.38. The summed E-state index contributed by atoms with van der Waals surface area (Å²) in [6.45, 7) is 1.83. The number of carbonyl (C=O) groups is 2. The number of carbonyl (C=O) groups excluding carboxylic acids is 2. The normalized spacial score (nSPS) is 21.1. The minimum absolute atomic E-state index is 0.0285. The van der Waals surface area contributed by atoms with E-state index in [9.17, 15) is 22.8 Å². The van der Waals surface area contributed by atoms with Crippen LogP contribution in [0.1, 0.15) is 34.5 Å². The molecule has 1 N–H and O–H groups in total. The molecule has 2 aliphatic heterocycles. The highest BCUT2D eigenvalue weighted by Gasteiger charge is 2.45. The summed E-state index contributed by atoms with van der Waals surface area (Å²) in [6.07, 6.45) is -1.72. The highest BCUT2D eigenvalue weighted by molar-refractivity contribution is 5.93. The van der Waals surface area contributed by atoms with E-state index in [0.717, 1.165) is 6.07 Å². The van der Waals surface area contributed by atoms with Gasteiger partial charge in [-0.05, 0) is 48.9 Å². The second-order valence-corrected chi connectivity index (χ2v) is 9.35. The van der Waals surface area contributed by atoms with Gasteiger partial charge < -0.3 is 14.7 Å². The van der Waals surface area contributed by atoms with Gasteiger partial charge in [-0.3, -0.25) is 14.7 Å². The second kappa shape index (κ2) is 9.60.